The highest BCUT2D eigenvalue weighted by Gasteiger charge is 2.11. The topological polar surface area (TPSA) is 66.0 Å². The highest BCUT2D eigenvalue weighted by atomic mass is 19.1. The quantitative estimate of drug-likeness (QED) is 0.782. The number of hydrogen-bond acceptors (Lipinski definition) is 3. The van der Waals surface area contributed by atoms with E-state index in [1.54, 1.807) is 24.3 Å². The second kappa shape index (κ2) is 5.65. The molecule has 1 heterocycles. The fourth-order valence-electron chi connectivity index (χ4n) is 2.23. The Hall–Kier alpha value is -2.60. The lowest BCUT2D eigenvalue weighted by Gasteiger charge is -2.09. The molecule has 0 aliphatic heterocycles. The number of aliphatic hydroxyl groups is 1. The van der Waals surface area contributed by atoms with Crippen molar-refractivity contribution >= 4 is 10.9 Å². The van der Waals surface area contributed by atoms with Crippen molar-refractivity contribution in [2.75, 3.05) is 6.67 Å². The molecule has 0 aliphatic rings. The summed E-state index contributed by atoms with van der Waals surface area (Å²) in [6, 6.07) is 10.2. The van der Waals surface area contributed by atoms with Crippen molar-refractivity contribution in [1.29, 1.82) is 0 Å². The number of H-pyrrole nitrogens is 1. The number of hydrogen-bond donors (Lipinski definition) is 2. The Balaban J connectivity index is 2.15. The van der Waals surface area contributed by atoms with E-state index in [-0.39, 0.29) is 11.2 Å². The molecule has 0 aliphatic carbocycles. The van der Waals surface area contributed by atoms with Gasteiger partial charge in [-0.25, -0.2) is 13.8 Å². The number of halogens is 2. The van der Waals surface area contributed by atoms with Gasteiger partial charge in [0.05, 0.1) is 10.9 Å². The van der Waals surface area contributed by atoms with Crippen LogP contribution >= 0.6 is 0 Å². The van der Waals surface area contributed by atoms with Gasteiger partial charge in [0.25, 0.3) is 5.56 Å². The van der Waals surface area contributed by atoms with Gasteiger partial charge in [0.2, 0.25) is 0 Å². The summed E-state index contributed by atoms with van der Waals surface area (Å²) in [7, 11) is 0. The Morgan fingerprint density at radius 2 is 2.05 bits per heavy atom. The number of aromatic amines is 1. The highest BCUT2D eigenvalue weighted by molar-refractivity contribution is 5.79. The summed E-state index contributed by atoms with van der Waals surface area (Å²) in [5, 5.41) is 9.70. The summed E-state index contributed by atoms with van der Waals surface area (Å²) in [6.45, 7) is -0.898. The Labute approximate surface area is 124 Å². The SMILES string of the molecule is O=c1[nH]c(-c2cccc(C(O)CF)c2)nc2ccc(F)cc12. The lowest BCUT2D eigenvalue weighted by molar-refractivity contribution is 0.142. The van der Waals surface area contributed by atoms with Crippen LogP contribution in [0, 0.1) is 5.82 Å². The maximum atomic E-state index is 13.2. The van der Waals surface area contributed by atoms with E-state index < -0.39 is 24.2 Å². The van der Waals surface area contributed by atoms with Gasteiger partial charge in [0.15, 0.2) is 0 Å². The van der Waals surface area contributed by atoms with Crippen LogP contribution in [-0.2, 0) is 0 Å². The molecule has 0 saturated heterocycles. The molecule has 1 aromatic heterocycles. The van der Waals surface area contributed by atoms with E-state index in [2.05, 4.69) is 9.97 Å². The van der Waals surface area contributed by atoms with E-state index in [1.165, 1.54) is 12.1 Å². The van der Waals surface area contributed by atoms with Gasteiger partial charge < -0.3 is 10.1 Å². The average Bonchev–Trinajstić information content (AvgIpc) is 2.54. The smallest absolute Gasteiger partial charge is 0.259 e. The number of nitrogens with zero attached hydrogens (tertiary/aromatic N) is 1. The van der Waals surface area contributed by atoms with Crippen LogP contribution in [0.25, 0.3) is 22.3 Å². The molecule has 0 fully saturated rings. The summed E-state index contributed by atoms with van der Waals surface area (Å²) < 4.78 is 25.7. The standard InChI is InChI=1S/C16H12F2N2O2/c17-8-14(21)9-2-1-3-10(6-9)15-19-13-5-4-11(18)7-12(13)16(22)20-15/h1-7,14,21H,8H2,(H,19,20,22). The number of nitrogens with one attached hydrogen (secondary N) is 1. The van der Waals surface area contributed by atoms with Gasteiger partial charge in [-0.1, -0.05) is 18.2 Å². The van der Waals surface area contributed by atoms with Crippen LogP contribution < -0.4 is 5.56 Å². The predicted octanol–water partition coefficient (Wildman–Crippen LogP) is 2.73. The summed E-state index contributed by atoms with van der Waals surface area (Å²) in [6.07, 6.45) is -1.22. The summed E-state index contributed by atoms with van der Waals surface area (Å²) in [4.78, 5) is 18.9. The molecule has 6 heteroatoms. The van der Waals surface area contributed by atoms with Gasteiger partial charge in [-0.2, -0.15) is 0 Å². The largest absolute Gasteiger partial charge is 0.386 e. The van der Waals surface area contributed by atoms with E-state index in [0.717, 1.165) is 6.07 Å². The van der Waals surface area contributed by atoms with Crippen molar-refractivity contribution in [2.45, 2.75) is 6.10 Å². The Kier molecular flexibility index (Phi) is 3.68. The summed E-state index contributed by atoms with van der Waals surface area (Å²) in [5.74, 6) is -0.238. The fourth-order valence-corrected chi connectivity index (χ4v) is 2.23. The third-order valence-electron chi connectivity index (χ3n) is 3.36. The highest BCUT2D eigenvalue weighted by Crippen LogP contribution is 2.21. The number of benzene rings is 2. The van der Waals surface area contributed by atoms with Gasteiger partial charge in [-0.05, 0) is 29.8 Å². The summed E-state index contributed by atoms with van der Waals surface area (Å²) >= 11 is 0. The van der Waals surface area contributed by atoms with Crippen LogP contribution in [-0.4, -0.2) is 21.7 Å². The zero-order chi connectivity index (χ0) is 15.7. The summed E-state index contributed by atoms with van der Waals surface area (Å²) in [5.41, 5.74) is 0.822. The maximum absolute atomic E-state index is 13.2. The van der Waals surface area contributed by atoms with E-state index in [1.807, 2.05) is 0 Å². The number of rotatable bonds is 3. The molecule has 0 saturated carbocycles. The zero-order valence-corrected chi connectivity index (χ0v) is 11.4. The van der Waals surface area contributed by atoms with Crippen molar-refractivity contribution in [3.63, 3.8) is 0 Å². The van der Waals surface area contributed by atoms with Gasteiger partial charge >= 0.3 is 0 Å². The molecule has 0 radical (unpaired) electrons. The molecule has 4 nitrogen and oxygen atoms in total. The number of aromatic nitrogens is 2. The minimum atomic E-state index is -1.22. The fraction of sp³-hybridized carbons (Fsp3) is 0.125. The van der Waals surface area contributed by atoms with Gasteiger partial charge in [0, 0.05) is 5.56 Å². The van der Waals surface area contributed by atoms with E-state index >= 15 is 0 Å². The van der Waals surface area contributed by atoms with Crippen molar-refractivity contribution in [3.8, 4) is 11.4 Å². The third-order valence-corrected chi connectivity index (χ3v) is 3.36. The first-order valence-corrected chi connectivity index (χ1v) is 6.62. The van der Waals surface area contributed by atoms with E-state index in [9.17, 15) is 18.7 Å². The molecule has 1 unspecified atom stereocenters. The normalized spacial score (nSPS) is 12.5. The van der Waals surface area contributed by atoms with Crippen LogP contribution in [0.15, 0.2) is 47.3 Å². The lowest BCUT2D eigenvalue weighted by atomic mass is 10.1. The van der Waals surface area contributed by atoms with Crippen LogP contribution in [0.3, 0.4) is 0 Å². The molecule has 0 amide bonds. The van der Waals surface area contributed by atoms with Crippen LogP contribution in [0.4, 0.5) is 8.78 Å². The molecule has 2 N–H and O–H groups in total. The van der Waals surface area contributed by atoms with Crippen molar-refractivity contribution in [3.05, 3.63) is 64.2 Å². The molecular formula is C16H12F2N2O2. The van der Waals surface area contributed by atoms with Crippen LogP contribution in [0.5, 0.6) is 0 Å². The van der Waals surface area contributed by atoms with Crippen molar-refractivity contribution in [2.24, 2.45) is 0 Å². The van der Waals surface area contributed by atoms with Crippen LogP contribution in [0.2, 0.25) is 0 Å². The monoisotopic (exact) mass is 302 g/mol. The minimum absolute atomic E-state index is 0.156. The Morgan fingerprint density at radius 1 is 1.23 bits per heavy atom. The molecular weight excluding hydrogens is 290 g/mol. The predicted molar refractivity (Wildman–Crippen MR) is 78.7 cm³/mol. The van der Waals surface area contributed by atoms with Gasteiger partial charge in [-0.15, -0.1) is 0 Å². The first kappa shape index (κ1) is 14.3. The second-order valence-corrected chi connectivity index (χ2v) is 4.87. The number of aliphatic hydroxyl groups excluding tert-OH is 1. The van der Waals surface area contributed by atoms with E-state index in [0.29, 0.717) is 16.6 Å². The molecule has 3 rings (SSSR count). The van der Waals surface area contributed by atoms with Gasteiger partial charge in [-0.3, -0.25) is 4.79 Å². The number of alkyl halides is 1. The number of fused-ring (bicyclic) bond motifs is 1. The molecule has 3 aromatic rings. The minimum Gasteiger partial charge on any atom is -0.386 e. The lowest BCUT2D eigenvalue weighted by Crippen LogP contribution is -2.10. The second-order valence-electron chi connectivity index (χ2n) is 4.87. The molecule has 1 atom stereocenters. The first-order valence-electron chi connectivity index (χ1n) is 6.62. The molecule has 0 spiro atoms. The van der Waals surface area contributed by atoms with Crippen LogP contribution in [0.1, 0.15) is 11.7 Å². The molecule has 22 heavy (non-hydrogen) atoms. The van der Waals surface area contributed by atoms with Crippen molar-refractivity contribution in [1.82, 2.24) is 9.97 Å². The van der Waals surface area contributed by atoms with Gasteiger partial charge in [0.1, 0.15) is 24.4 Å². The maximum Gasteiger partial charge on any atom is 0.259 e. The molecule has 2 aromatic carbocycles. The molecule has 0 bridgehead atoms. The van der Waals surface area contributed by atoms with E-state index in [4.69, 9.17) is 0 Å². The molecule has 112 valence electrons. The Bertz CT molecular complexity index is 893. The average molecular weight is 302 g/mol. The third kappa shape index (κ3) is 2.60. The van der Waals surface area contributed by atoms with Crippen molar-refractivity contribution < 1.29 is 13.9 Å². The first-order chi connectivity index (χ1) is 10.6. The Morgan fingerprint density at radius 3 is 2.82 bits per heavy atom. The zero-order valence-electron chi connectivity index (χ0n) is 11.4.